The van der Waals surface area contributed by atoms with Gasteiger partial charge in [0, 0.05) is 23.3 Å². The van der Waals surface area contributed by atoms with E-state index in [-0.39, 0.29) is 11.9 Å². The summed E-state index contributed by atoms with van der Waals surface area (Å²) in [6.07, 6.45) is 5.05. The lowest BCUT2D eigenvalue weighted by molar-refractivity contribution is 0.0943. The van der Waals surface area contributed by atoms with Crippen LogP contribution in [0.5, 0.6) is 0 Å². The first kappa shape index (κ1) is 14.9. The molecule has 0 heterocycles. The van der Waals surface area contributed by atoms with Gasteiger partial charge in [-0.3, -0.25) is 4.79 Å². The van der Waals surface area contributed by atoms with Crippen molar-refractivity contribution < 1.29 is 4.79 Å². The first-order valence-electron chi connectivity index (χ1n) is 7.72. The molecule has 3 nitrogen and oxygen atoms in total. The summed E-state index contributed by atoms with van der Waals surface area (Å²) in [6, 6.07) is 8.53. The van der Waals surface area contributed by atoms with Gasteiger partial charge in [0.15, 0.2) is 0 Å². The summed E-state index contributed by atoms with van der Waals surface area (Å²) in [4.78, 5) is 12.0. The SMILES string of the molecule is CC1CCC(Nc2cccc(C(=O)NC(C)C)c2)CC1. The fourth-order valence-corrected chi connectivity index (χ4v) is 2.74. The number of amides is 1. The number of rotatable bonds is 4. The summed E-state index contributed by atoms with van der Waals surface area (Å²) in [7, 11) is 0. The van der Waals surface area contributed by atoms with Crippen molar-refractivity contribution in [1.82, 2.24) is 5.32 Å². The highest BCUT2D eigenvalue weighted by Gasteiger charge is 2.18. The van der Waals surface area contributed by atoms with Gasteiger partial charge in [-0.25, -0.2) is 0 Å². The van der Waals surface area contributed by atoms with Crippen molar-refractivity contribution in [3.05, 3.63) is 29.8 Å². The van der Waals surface area contributed by atoms with Crippen molar-refractivity contribution in [3.63, 3.8) is 0 Å². The Morgan fingerprint density at radius 3 is 2.55 bits per heavy atom. The zero-order chi connectivity index (χ0) is 14.5. The van der Waals surface area contributed by atoms with Gasteiger partial charge in [-0.1, -0.05) is 13.0 Å². The summed E-state index contributed by atoms with van der Waals surface area (Å²) in [5.74, 6) is 0.858. The fraction of sp³-hybridized carbons (Fsp3) is 0.588. The molecule has 3 heteroatoms. The average Bonchev–Trinajstić information content (AvgIpc) is 2.41. The van der Waals surface area contributed by atoms with E-state index in [2.05, 4.69) is 17.6 Å². The summed E-state index contributed by atoms with van der Waals surface area (Å²) < 4.78 is 0. The van der Waals surface area contributed by atoms with E-state index < -0.39 is 0 Å². The monoisotopic (exact) mass is 274 g/mol. The maximum atomic E-state index is 12.0. The van der Waals surface area contributed by atoms with Crippen LogP contribution in [0.25, 0.3) is 0 Å². The molecule has 1 aliphatic rings. The topological polar surface area (TPSA) is 41.1 Å². The molecule has 0 aromatic heterocycles. The third-order valence-corrected chi connectivity index (χ3v) is 3.93. The zero-order valence-electron chi connectivity index (χ0n) is 12.8. The highest BCUT2D eigenvalue weighted by molar-refractivity contribution is 5.95. The van der Waals surface area contributed by atoms with Crippen LogP contribution in [0, 0.1) is 5.92 Å². The number of anilines is 1. The van der Waals surface area contributed by atoms with Gasteiger partial charge in [0.05, 0.1) is 0 Å². The molecule has 110 valence electrons. The standard InChI is InChI=1S/C17H26N2O/c1-12(2)18-17(20)14-5-4-6-16(11-14)19-15-9-7-13(3)8-10-15/h4-6,11-13,15,19H,7-10H2,1-3H3,(H,18,20). The zero-order valence-corrected chi connectivity index (χ0v) is 12.8. The number of hydrogen-bond donors (Lipinski definition) is 2. The van der Waals surface area contributed by atoms with Crippen LogP contribution < -0.4 is 10.6 Å². The molecule has 1 amide bonds. The molecule has 0 aliphatic heterocycles. The summed E-state index contributed by atoms with van der Waals surface area (Å²) in [6.45, 7) is 6.28. The lowest BCUT2D eigenvalue weighted by Gasteiger charge is -2.27. The van der Waals surface area contributed by atoms with E-state index >= 15 is 0 Å². The van der Waals surface area contributed by atoms with Crippen LogP contribution in [0.1, 0.15) is 56.8 Å². The third kappa shape index (κ3) is 4.26. The summed E-state index contributed by atoms with van der Waals surface area (Å²) in [5, 5.41) is 6.50. The second-order valence-corrected chi connectivity index (χ2v) is 6.31. The van der Waals surface area contributed by atoms with Crippen molar-refractivity contribution in [2.24, 2.45) is 5.92 Å². The van der Waals surface area contributed by atoms with E-state index in [1.807, 2.05) is 38.1 Å². The van der Waals surface area contributed by atoms with E-state index in [1.54, 1.807) is 0 Å². The maximum absolute atomic E-state index is 12.0. The van der Waals surface area contributed by atoms with Gasteiger partial charge in [-0.05, 0) is 63.6 Å². The van der Waals surface area contributed by atoms with Crippen LogP contribution >= 0.6 is 0 Å². The van der Waals surface area contributed by atoms with Gasteiger partial charge in [0.25, 0.3) is 5.91 Å². The van der Waals surface area contributed by atoms with Crippen molar-refractivity contribution in [2.75, 3.05) is 5.32 Å². The molecule has 0 saturated heterocycles. The van der Waals surface area contributed by atoms with E-state index in [0.717, 1.165) is 17.2 Å². The van der Waals surface area contributed by atoms with Gasteiger partial charge in [0.2, 0.25) is 0 Å². The molecular weight excluding hydrogens is 248 g/mol. The Balaban J connectivity index is 1.97. The Morgan fingerprint density at radius 2 is 1.90 bits per heavy atom. The van der Waals surface area contributed by atoms with Gasteiger partial charge in [-0.15, -0.1) is 0 Å². The van der Waals surface area contributed by atoms with E-state index in [0.29, 0.717) is 6.04 Å². The van der Waals surface area contributed by atoms with E-state index in [1.165, 1.54) is 25.7 Å². The number of hydrogen-bond acceptors (Lipinski definition) is 2. The molecule has 20 heavy (non-hydrogen) atoms. The second kappa shape index (κ2) is 6.78. The van der Waals surface area contributed by atoms with Crippen molar-refractivity contribution in [3.8, 4) is 0 Å². The highest BCUT2D eigenvalue weighted by Crippen LogP contribution is 2.26. The lowest BCUT2D eigenvalue weighted by atomic mass is 9.87. The molecular formula is C17H26N2O. The Hall–Kier alpha value is -1.51. The molecule has 1 fully saturated rings. The maximum Gasteiger partial charge on any atom is 0.251 e. The van der Waals surface area contributed by atoms with Crippen LogP contribution in [0.2, 0.25) is 0 Å². The molecule has 1 aromatic carbocycles. The Bertz CT molecular complexity index is 448. The largest absolute Gasteiger partial charge is 0.382 e. The van der Waals surface area contributed by atoms with Crippen LogP contribution in [0.15, 0.2) is 24.3 Å². The lowest BCUT2D eigenvalue weighted by Crippen LogP contribution is -2.30. The number of carbonyl (C=O) groups is 1. The van der Waals surface area contributed by atoms with Crippen LogP contribution in [-0.2, 0) is 0 Å². The van der Waals surface area contributed by atoms with Gasteiger partial charge in [0.1, 0.15) is 0 Å². The van der Waals surface area contributed by atoms with Crippen molar-refractivity contribution in [2.45, 2.75) is 58.5 Å². The molecule has 0 radical (unpaired) electrons. The predicted octanol–water partition coefficient (Wildman–Crippen LogP) is 3.82. The molecule has 0 spiro atoms. The first-order valence-corrected chi connectivity index (χ1v) is 7.72. The number of benzene rings is 1. The van der Waals surface area contributed by atoms with E-state index in [4.69, 9.17) is 0 Å². The Labute approximate surface area is 122 Å². The van der Waals surface area contributed by atoms with Gasteiger partial charge < -0.3 is 10.6 Å². The second-order valence-electron chi connectivity index (χ2n) is 6.31. The molecule has 1 aliphatic carbocycles. The molecule has 0 unspecified atom stereocenters. The smallest absolute Gasteiger partial charge is 0.251 e. The first-order chi connectivity index (χ1) is 9.54. The van der Waals surface area contributed by atoms with Crippen LogP contribution in [-0.4, -0.2) is 18.0 Å². The minimum Gasteiger partial charge on any atom is -0.382 e. The molecule has 2 rings (SSSR count). The molecule has 1 aromatic rings. The van der Waals surface area contributed by atoms with Crippen molar-refractivity contribution >= 4 is 11.6 Å². The molecule has 0 bridgehead atoms. The van der Waals surface area contributed by atoms with Crippen LogP contribution in [0.4, 0.5) is 5.69 Å². The Morgan fingerprint density at radius 1 is 1.20 bits per heavy atom. The van der Waals surface area contributed by atoms with Crippen LogP contribution in [0.3, 0.4) is 0 Å². The number of nitrogens with one attached hydrogen (secondary N) is 2. The average molecular weight is 274 g/mol. The summed E-state index contributed by atoms with van der Waals surface area (Å²) in [5.41, 5.74) is 1.79. The van der Waals surface area contributed by atoms with Crippen molar-refractivity contribution in [1.29, 1.82) is 0 Å². The van der Waals surface area contributed by atoms with Gasteiger partial charge in [-0.2, -0.15) is 0 Å². The third-order valence-electron chi connectivity index (χ3n) is 3.93. The Kier molecular flexibility index (Phi) is 5.05. The summed E-state index contributed by atoms with van der Waals surface area (Å²) >= 11 is 0. The normalized spacial score (nSPS) is 22.6. The highest BCUT2D eigenvalue weighted by atomic mass is 16.1. The van der Waals surface area contributed by atoms with E-state index in [9.17, 15) is 4.79 Å². The molecule has 1 saturated carbocycles. The molecule has 0 atom stereocenters. The minimum atomic E-state index is 0.000849. The minimum absolute atomic E-state index is 0.000849. The quantitative estimate of drug-likeness (QED) is 0.876. The molecule has 2 N–H and O–H groups in total. The predicted molar refractivity (Wildman–Crippen MR) is 84.1 cm³/mol. The number of carbonyl (C=O) groups excluding carboxylic acids is 1. The van der Waals surface area contributed by atoms with Gasteiger partial charge >= 0.3 is 0 Å². The fourth-order valence-electron chi connectivity index (χ4n) is 2.74.